The maximum absolute atomic E-state index is 13.1. The van der Waals surface area contributed by atoms with Crippen LogP contribution >= 0.6 is 0 Å². The van der Waals surface area contributed by atoms with Gasteiger partial charge < -0.3 is 10.1 Å². The summed E-state index contributed by atoms with van der Waals surface area (Å²) in [5, 5.41) is 3.15. The summed E-state index contributed by atoms with van der Waals surface area (Å²) in [6.07, 6.45) is 0. The molecule has 1 aliphatic heterocycles. The summed E-state index contributed by atoms with van der Waals surface area (Å²) in [6, 6.07) is 9.54. The quantitative estimate of drug-likeness (QED) is 0.870. The maximum Gasteiger partial charge on any atom is 0.194 e. The van der Waals surface area contributed by atoms with Crippen LogP contribution in [0.25, 0.3) is 0 Å². The lowest BCUT2D eigenvalue weighted by Crippen LogP contribution is -2.22. The van der Waals surface area contributed by atoms with Crippen molar-refractivity contribution in [2.75, 3.05) is 6.61 Å². The summed E-state index contributed by atoms with van der Waals surface area (Å²) in [5.41, 5.74) is 1.36. The zero-order chi connectivity index (χ0) is 14.1. The first kappa shape index (κ1) is 13.0. The van der Waals surface area contributed by atoms with E-state index in [0.29, 0.717) is 12.2 Å². The third-order valence-corrected chi connectivity index (χ3v) is 3.30. The SMILES string of the molecule is Fc1cc(CNC2COc3ccccc32)cc(F)c1F. The number of hydrogen-bond acceptors (Lipinski definition) is 2. The van der Waals surface area contributed by atoms with Gasteiger partial charge in [0.05, 0.1) is 6.04 Å². The van der Waals surface area contributed by atoms with E-state index >= 15 is 0 Å². The molecule has 0 aliphatic carbocycles. The van der Waals surface area contributed by atoms with Gasteiger partial charge in [0.1, 0.15) is 12.4 Å². The summed E-state index contributed by atoms with van der Waals surface area (Å²) >= 11 is 0. The molecule has 20 heavy (non-hydrogen) atoms. The lowest BCUT2D eigenvalue weighted by Gasteiger charge is -2.12. The zero-order valence-electron chi connectivity index (χ0n) is 10.5. The van der Waals surface area contributed by atoms with Gasteiger partial charge in [0.15, 0.2) is 17.5 Å². The fourth-order valence-electron chi connectivity index (χ4n) is 2.28. The third-order valence-electron chi connectivity index (χ3n) is 3.30. The molecule has 0 saturated heterocycles. The van der Waals surface area contributed by atoms with Gasteiger partial charge >= 0.3 is 0 Å². The molecule has 104 valence electrons. The molecule has 1 aliphatic rings. The van der Waals surface area contributed by atoms with Gasteiger partial charge in [-0.1, -0.05) is 18.2 Å². The number of nitrogens with one attached hydrogen (secondary N) is 1. The molecular formula is C15H12F3NO. The number of para-hydroxylation sites is 1. The van der Waals surface area contributed by atoms with Crippen LogP contribution < -0.4 is 10.1 Å². The highest BCUT2D eigenvalue weighted by Crippen LogP contribution is 2.31. The van der Waals surface area contributed by atoms with Gasteiger partial charge in [-0.3, -0.25) is 0 Å². The van der Waals surface area contributed by atoms with Crippen LogP contribution in [0.5, 0.6) is 5.75 Å². The van der Waals surface area contributed by atoms with E-state index in [1.807, 2.05) is 24.3 Å². The van der Waals surface area contributed by atoms with Crippen molar-refractivity contribution in [3.63, 3.8) is 0 Å². The summed E-state index contributed by atoms with van der Waals surface area (Å²) in [4.78, 5) is 0. The van der Waals surface area contributed by atoms with Crippen LogP contribution in [0.1, 0.15) is 17.2 Å². The Hall–Kier alpha value is -2.01. The molecule has 3 rings (SSSR count). The molecule has 0 amide bonds. The second-order valence-corrected chi connectivity index (χ2v) is 4.66. The van der Waals surface area contributed by atoms with Crippen molar-refractivity contribution in [1.29, 1.82) is 0 Å². The third kappa shape index (κ3) is 2.36. The summed E-state index contributed by atoms with van der Waals surface area (Å²) < 4.78 is 44.6. The fraction of sp³-hybridized carbons (Fsp3) is 0.200. The second-order valence-electron chi connectivity index (χ2n) is 4.66. The average Bonchev–Trinajstić information content (AvgIpc) is 2.85. The molecule has 2 aromatic rings. The molecule has 2 aromatic carbocycles. The van der Waals surface area contributed by atoms with E-state index in [-0.39, 0.29) is 12.6 Å². The van der Waals surface area contributed by atoms with Crippen LogP contribution in [-0.2, 0) is 6.54 Å². The highest BCUT2D eigenvalue weighted by molar-refractivity contribution is 5.39. The number of halogens is 3. The minimum Gasteiger partial charge on any atom is -0.491 e. The Morgan fingerprint density at radius 1 is 1.10 bits per heavy atom. The summed E-state index contributed by atoms with van der Waals surface area (Å²) in [6.45, 7) is 0.696. The number of hydrogen-bond donors (Lipinski definition) is 1. The molecule has 2 nitrogen and oxygen atoms in total. The van der Waals surface area contributed by atoms with Crippen LogP contribution in [-0.4, -0.2) is 6.61 Å². The van der Waals surface area contributed by atoms with E-state index in [9.17, 15) is 13.2 Å². The highest BCUT2D eigenvalue weighted by Gasteiger charge is 2.23. The van der Waals surface area contributed by atoms with Crippen LogP contribution in [0.3, 0.4) is 0 Å². The molecule has 1 heterocycles. The molecule has 1 N–H and O–H groups in total. The fourth-order valence-corrected chi connectivity index (χ4v) is 2.28. The van der Waals surface area contributed by atoms with Gasteiger partial charge in [0.2, 0.25) is 0 Å². The van der Waals surface area contributed by atoms with Gasteiger partial charge in [-0.25, -0.2) is 13.2 Å². The van der Waals surface area contributed by atoms with E-state index < -0.39 is 17.5 Å². The molecule has 0 fully saturated rings. The topological polar surface area (TPSA) is 21.3 Å². The molecule has 0 saturated carbocycles. The molecule has 0 spiro atoms. The van der Waals surface area contributed by atoms with Crippen LogP contribution in [0.15, 0.2) is 36.4 Å². The van der Waals surface area contributed by atoms with Crippen LogP contribution in [0.4, 0.5) is 13.2 Å². The first-order valence-electron chi connectivity index (χ1n) is 6.23. The van der Waals surface area contributed by atoms with Gasteiger partial charge in [0, 0.05) is 12.1 Å². The first-order valence-corrected chi connectivity index (χ1v) is 6.23. The molecular weight excluding hydrogens is 267 g/mol. The van der Waals surface area contributed by atoms with Crippen molar-refractivity contribution in [1.82, 2.24) is 5.32 Å². The molecule has 0 bridgehead atoms. The average molecular weight is 279 g/mol. The molecule has 5 heteroatoms. The Labute approximate surface area is 114 Å². The van der Waals surface area contributed by atoms with Gasteiger partial charge in [-0.05, 0) is 23.8 Å². The largest absolute Gasteiger partial charge is 0.491 e. The van der Waals surface area contributed by atoms with E-state index in [1.165, 1.54) is 0 Å². The molecule has 0 aromatic heterocycles. The Bertz CT molecular complexity index is 622. The minimum atomic E-state index is -1.44. The van der Waals surface area contributed by atoms with Crippen molar-refractivity contribution in [2.24, 2.45) is 0 Å². The van der Waals surface area contributed by atoms with E-state index in [0.717, 1.165) is 23.4 Å². The Morgan fingerprint density at radius 3 is 2.55 bits per heavy atom. The van der Waals surface area contributed by atoms with Gasteiger partial charge in [-0.15, -0.1) is 0 Å². The maximum atomic E-state index is 13.1. The smallest absolute Gasteiger partial charge is 0.194 e. The van der Waals surface area contributed by atoms with Crippen LogP contribution in [0, 0.1) is 17.5 Å². The Morgan fingerprint density at radius 2 is 1.80 bits per heavy atom. The lowest BCUT2D eigenvalue weighted by atomic mass is 10.1. The lowest BCUT2D eigenvalue weighted by molar-refractivity contribution is 0.310. The summed E-state index contributed by atoms with van der Waals surface area (Å²) in [5.74, 6) is -2.99. The van der Waals surface area contributed by atoms with E-state index in [2.05, 4.69) is 5.32 Å². The van der Waals surface area contributed by atoms with E-state index in [1.54, 1.807) is 0 Å². The Balaban J connectivity index is 1.72. The number of rotatable bonds is 3. The molecule has 1 unspecified atom stereocenters. The van der Waals surface area contributed by atoms with Crippen LogP contribution in [0.2, 0.25) is 0 Å². The molecule has 0 radical (unpaired) electrons. The Kier molecular flexibility index (Phi) is 3.36. The number of ether oxygens (including phenoxy) is 1. The number of fused-ring (bicyclic) bond motifs is 1. The number of benzene rings is 2. The van der Waals surface area contributed by atoms with Crippen molar-refractivity contribution in [3.05, 3.63) is 65.0 Å². The highest BCUT2D eigenvalue weighted by atomic mass is 19.2. The standard InChI is InChI=1S/C15H12F3NO/c16-11-5-9(6-12(17)15(11)18)7-19-13-8-20-14-4-2-1-3-10(13)14/h1-6,13,19H,7-8H2. The van der Waals surface area contributed by atoms with Gasteiger partial charge in [-0.2, -0.15) is 0 Å². The van der Waals surface area contributed by atoms with Crippen molar-refractivity contribution < 1.29 is 17.9 Å². The monoisotopic (exact) mass is 279 g/mol. The van der Waals surface area contributed by atoms with Crippen molar-refractivity contribution >= 4 is 0 Å². The van der Waals surface area contributed by atoms with E-state index in [4.69, 9.17) is 4.74 Å². The predicted octanol–water partition coefficient (Wildman–Crippen LogP) is 3.33. The normalized spacial score (nSPS) is 16.9. The van der Waals surface area contributed by atoms with Gasteiger partial charge in [0.25, 0.3) is 0 Å². The van der Waals surface area contributed by atoms with Crippen molar-refractivity contribution in [2.45, 2.75) is 12.6 Å². The van der Waals surface area contributed by atoms with Crippen molar-refractivity contribution in [3.8, 4) is 5.75 Å². The summed E-state index contributed by atoms with van der Waals surface area (Å²) in [7, 11) is 0. The molecule has 1 atom stereocenters. The minimum absolute atomic E-state index is 0.0395. The predicted molar refractivity (Wildman–Crippen MR) is 67.8 cm³/mol. The first-order chi connectivity index (χ1) is 9.65. The second kappa shape index (κ2) is 5.17. The zero-order valence-corrected chi connectivity index (χ0v) is 10.5.